The van der Waals surface area contributed by atoms with E-state index in [0.29, 0.717) is 11.8 Å². The van der Waals surface area contributed by atoms with Gasteiger partial charge in [-0.1, -0.05) is 30.3 Å². The van der Waals surface area contributed by atoms with Gasteiger partial charge in [0.1, 0.15) is 0 Å². The lowest BCUT2D eigenvalue weighted by molar-refractivity contribution is 0.341. The van der Waals surface area contributed by atoms with Crippen LogP contribution >= 0.6 is 11.6 Å². The number of nitrogens with zero attached hydrogens (tertiary/aromatic N) is 3. The number of aromatic nitrogens is 3. The maximum absolute atomic E-state index is 6.02. The molecule has 1 N–H and O–H groups in total. The summed E-state index contributed by atoms with van der Waals surface area (Å²) in [6.07, 6.45) is 0.765. The van der Waals surface area contributed by atoms with Crippen molar-refractivity contribution in [3.63, 3.8) is 0 Å². The number of benzene rings is 1. The van der Waals surface area contributed by atoms with Crippen LogP contribution < -0.4 is 14.8 Å². The lowest BCUT2D eigenvalue weighted by atomic mass is 10.1. The first-order valence-electron chi connectivity index (χ1n) is 6.45. The van der Waals surface area contributed by atoms with E-state index >= 15 is 0 Å². The van der Waals surface area contributed by atoms with Crippen molar-refractivity contribution in [3.05, 3.63) is 35.9 Å². The average molecular weight is 309 g/mol. The van der Waals surface area contributed by atoms with Gasteiger partial charge < -0.3 is 14.8 Å². The first-order chi connectivity index (χ1) is 10.2. The summed E-state index contributed by atoms with van der Waals surface area (Å²) in [7, 11) is 2.98. The van der Waals surface area contributed by atoms with E-state index in [2.05, 4.69) is 32.4 Å². The highest BCUT2D eigenvalue weighted by atomic mass is 35.5. The Hall–Kier alpha value is -2.08. The van der Waals surface area contributed by atoms with Gasteiger partial charge in [0.15, 0.2) is 0 Å². The summed E-state index contributed by atoms with van der Waals surface area (Å²) >= 11 is 6.02. The number of alkyl halides is 1. The molecule has 0 fully saturated rings. The average Bonchev–Trinajstić information content (AvgIpc) is 2.54. The quantitative estimate of drug-likeness (QED) is 0.790. The molecule has 0 amide bonds. The molecule has 112 valence electrons. The van der Waals surface area contributed by atoms with Gasteiger partial charge in [-0.25, -0.2) is 0 Å². The summed E-state index contributed by atoms with van der Waals surface area (Å²) in [5.74, 6) is 0.797. The maximum Gasteiger partial charge on any atom is 0.324 e. The van der Waals surface area contributed by atoms with Crippen LogP contribution in [0.1, 0.15) is 5.56 Å². The number of rotatable bonds is 7. The van der Waals surface area contributed by atoms with E-state index in [1.54, 1.807) is 0 Å². The van der Waals surface area contributed by atoms with Crippen molar-refractivity contribution in [3.8, 4) is 12.0 Å². The second-order valence-corrected chi connectivity index (χ2v) is 4.63. The summed E-state index contributed by atoms with van der Waals surface area (Å²) in [6, 6.07) is 10.5. The maximum atomic E-state index is 6.02. The van der Waals surface area contributed by atoms with Crippen LogP contribution in [0.5, 0.6) is 12.0 Å². The second kappa shape index (κ2) is 7.64. The highest BCUT2D eigenvalue weighted by Gasteiger charge is 2.13. The Labute approximate surface area is 128 Å². The van der Waals surface area contributed by atoms with E-state index in [9.17, 15) is 0 Å². The molecule has 0 spiro atoms. The fraction of sp³-hybridized carbons (Fsp3) is 0.357. The number of ether oxygens (including phenoxy) is 2. The van der Waals surface area contributed by atoms with Gasteiger partial charge in [0.2, 0.25) is 5.95 Å². The summed E-state index contributed by atoms with van der Waals surface area (Å²) < 4.78 is 10.0. The molecule has 0 radical (unpaired) electrons. The van der Waals surface area contributed by atoms with Crippen molar-refractivity contribution in [1.82, 2.24) is 15.0 Å². The number of halogens is 1. The van der Waals surface area contributed by atoms with Crippen LogP contribution in [0.2, 0.25) is 0 Å². The molecule has 0 aliphatic carbocycles. The SMILES string of the molecule is COc1nc(NC(CCl)Cc2ccccc2)nc(OC)n1. The van der Waals surface area contributed by atoms with E-state index in [-0.39, 0.29) is 18.1 Å². The Kier molecular flexibility index (Phi) is 5.57. The Morgan fingerprint density at radius 1 is 1.05 bits per heavy atom. The second-order valence-electron chi connectivity index (χ2n) is 4.32. The number of anilines is 1. The highest BCUT2D eigenvalue weighted by Crippen LogP contribution is 2.14. The van der Waals surface area contributed by atoms with Crippen molar-refractivity contribution >= 4 is 17.5 Å². The Balaban J connectivity index is 2.11. The van der Waals surface area contributed by atoms with Crippen molar-refractivity contribution < 1.29 is 9.47 Å². The summed E-state index contributed by atoms with van der Waals surface area (Å²) in [6.45, 7) is 0. The minimum Gasteiger partial charge on any atom is -0.467 e. The third-order valence-corrected chi connectivity index (χ3v) is 3.18. The molecular formula is C14H17ClN4O2. The molecule has 2 aromatic rings. The molecule has 1 heterocycles. The zero-order valence-electron chi connectivity index (χ0n) is 11.9. The minimum atomic E-state index is -0.00845. The fourth-order valence-electron chi connectivity index (χ4n) is 1.81. The largest absolute Gasteiger partial charge is 0.467 e. The monoisotopic (exact) mass is 308 g/mol. The number of hydrogen-bond donors (Lipinski definition) is 1. The summed E-state index contributed by atoms with van der Waals surface area (Å²) in [4.78, 5) is 12.2. The lowest BCUT2D eigenvalue weighted by Crippen LogP contribution is -2.25. The van der Waals surface area contributed by atoms with E-state index in [1.165, 1.54) is 19.8 Å². The van der Waals surface area contributed by atoms with Gasteiger partial charge in [-0.3, -0.25) is 0 Å². The molecule has 1 unspecified atom stereocenters. The van der Waals surface area contributed by atoms with Crippen LogP contribution in [0.4, 0.5) is 5.95 Å². The normalized spacial score (nSPS) is 11.8. The molecule has 0 aliphatic heterocycles. The van der Waals surface area contributed by atoms with Gasteiger partial charge in [-0.15, -0.1) is 16.6 Å². The van der Waals surface area contributed by atoms with Gasteiger partial charge in [0.05, 0.1) is 14.2 Å². The van der Waals surface area contributed by atoms with Gasteiger partial charge in [-0.05, 0) is 12.0 Å². The third-order valence-electron chi connectivity index (χ3n) is 2.80. The minimum absolute atomic E-state index is 0.00845. The van der Waals surface area contributed by atoms with Gasteiger partial charge >= 0.3 is 12.0 Å². The highest BCUT2D eigenvalue weighted by molar-refractivity contribution is 6.18. The van der Waals surface area contributed by atoms with Gasteiger partial charge in [-0.2, -0.15) is 9.97 Å². The van der Waals surface area contributed by atoms with Crippen molar-refractivity contribution in [2.75, 3.05) is 25.4 Å². The van der Waals surface area contributed by atoms with Crippen LogP contribution in [-0.2, 0) is 6.42 Å². The first kappa shape index (κ1) is 15.3. The van der Waals surface area contributed by atoms with Crippen LogP contribution in [0, 0.1) is 0 Å². The topological polar surface area (TPSA) is 69.2 Å². The molecule has 1 aromatic heterocycles. The van der Waals surface area contributed by atoms with E-state index in [0.717, 1.165) is 6.42 Å². The zero-order valence-corrected chi connectivity index (χ0v) is 12.7. The number of methoxy groups -OCH3 is 2. The fourth-order valence-corrected chi connectivity index (χ4v) is 2.00. The molecule has 0 saturated heterocycles. The van der Waals surface area contributed by atoms with Crippen molar-refractivity contribution in [2.45, 2.75) is 12.5 Å². The Morgan fingerprint density at radius 3 is 2.19 bits per heavy atom. The smallest absolute Gasteiger partial charge is 0.324 e. The van der Waals surface area contributed by atoms with Crippen molar-refractivity contribution in [2.24, 2.45) is 0 Å². The number of hydrogen-bond acceptors (Lipinski definition) is 6. The Bertz CT molecular complexity index is 546. The molecular weight excluding hydrogens is 292 g/mol. The standard InChI is InChI=1S/C14H17ClN4O2/c1-20-13-17-12(18-14(19-13)21-2)16-11(9-15)8-10-6-4-3-5-7-10/h3-7,11H,8-9H2,1-2H3,(H,16,17,18,19). The predicted octanol–water partition coefficient (Wildman–Crippen LogP) is 2.15. The van der Waals surface area contributed by atoms with Crippen LogP contribution in [0.3, 0.4) is 0 Å². The van der Waals surface area contributed by atoms with Crippen LogP contribution in [0.15, 0.2) is 30.3 Å². The molecule has 6 nitrogen and oxygen atoms in total. The lowest BCUT2D eigenvalue weighted by Gasteiger charge is -2.16. The molecule has 0 saturated carbocycles. The predicted molar refractivity (Wildman–Crippen MR) is 81.2 cm³/mol. The molecule has 0 aliphatic rings. The zero-order chi connectivity index (χ0) is 15.1. The van der Waals surface area contributed by atoms with E-state index < -0.39 is 0 Å². The van der Waals surface area contributed by atoms with Gasteiger partial charge in [0, 0.05) is 11.9 Å². The molecule has 1 aromatic carbocycles. The third kappa shape index (κ3) is 4.46. The first-order valence-corrected chi connectivity index (χ1v) is 6.99. The van der Waals surface area contributed by atoms with E-state index in [1.807, 2.05) is 18.2 Å². The van der Waals surface area contributed by atoms with Crippen molar-refractivity contribution in [1.29, 1.82) is 0 Å². The van der Waals surface area contributed by atoms with Gasteiger partial charge in [0.25, 0.3) is 0 Å². The molecule has 7 heteroatoms. The van der Waals surface area contributed by atoms with Crippen LogP contribution in [0.25, 0.3) is 0 Å². The summed E-state index contributed by atoms with van der Waals surface area (Å²) in [5.41, 5.74) is 1.18. The molecule has 21 heavy (non-hydrogen) atoms. The van der Waals surface area contributed by atoms with Crippen LogP contribution in [-0.4, -0.2) is 41.1 Å². The number of nitrogens with one attached hydrogen (secondary N) is 1. The molecule has 2 rings (SSSR count). The van der Waals surface area contributed by atoms with E-state index in [4.69, 9.17) is 21.1 Å². The summed E-state index contributed by atoms with van der Waals surface area (Å²) in [5, 5.41) is 3.17. The Morgan fingerprint density at radius 2 is 1.67 bits per heavy atom. The molecule has 0 bridgehead atoms. The molecule has 1 atom stereocenters.